The van der Waals surface area contributed by atoms with Gasteiger partial charge in [-0.05, 0) is 35.4 Å². The van der Waals surface area contributed by atoms with Crippen LogP contribution >= 0.6 is 0 Å². The average Bonchev–Trinajstić information content (AvgIpc) is 2.93. The lowest BCUT2D eigenvalue weighted by Crippen LogP contribution is -2.40. The molecule has 0 radical (unpaired) electrons. The third kappa shape index (κ3) is 2.63. The van der Waals surface area contributed by atoms with E-state index in [4.69, 9.17) is 0 Å². The summed E-state index contributed by atoms with van der Waals surface area (Å²) in [6, 6.07) is 6.08. The topological polar surface area (TPSA) is 63.9 Å². The third-order valence-corrected chi connectivity index (χ3v) is 3.83. The number of carbonyl (C=O) groups is 1. The van der Waals surface area contributed by atoms with Crippen molar-refractivity contribution in [1.82, 2.24) is 25.1 Å². The molecule has 1 aliphatic heterocycles. The van der Waals surface area contributed by atoms with Gasteiger partial charge in [0.05, 0.1) is 5.56 Å². The first kappa shape index (κ1) is 13.7. The molecule has 1 aromatic heterocycles. The number of hydrogen-bond acceptors (Lipinski definition) is 4. The van der Waals surface area contributed by atoms with Crippen molar-refractivity contribution in [2.45, 2.75) is 18.8 Å². The Bertz CT molecular complexity index is 656. The summed E-state index contributed by atoms with van der Waals surface area (Å²) in [6.07, 6.45) is 1.78. The highest BCUT2D eigenvalue weighted by atomic mass is 19.1. The molecule has 1 unspecified atom stereocenters. The number of aromatic nitrogens is 4. The maximum absolute atomic E-state index is 13.7. The molecule has 1 fully saturated rings. The van der Waals surface area contributed by atoms with Gasteiger partial charge in [-0.25, -0.2) is 9.07 Å². The maximum atomic E-state index is 13.7. The minimum absolute atomic E-state index is 0.0921. The van der Waals surface area contributed by atoms with E-state index in [1.807, 2.05) is 0 Å². The summed E-state index contributed by atoms with van der Waals surface area (Å²) in [7, 11) is 1.78. The Balaban J connectivity index is 1.79. The van der Waals surface area contributed by atoms with Crippen molar-refractivity contribution in [3.63, 3.8) is 0 Å². The second-order valence-corrected chi connectivity index (χ2v) is 5.23. The molecule has 0 aliphatic carbocycles. The molecule has 0 N–H and O–H groups in total. The minimum atomic E-state index is -0.482. The standard InChI is InChI=1S/C14H16FN5O/c1-19-13(16-17-18-19)10-5-4-8-20(9-10)14(21)11-6-2-3-7-12(11)15/h2-3,6-7,10H,4-5,8-9H2,1H3. The van der Waals surface area contributed by atoms with Gasteiger partial charge in [-0.15, -0.1) is 5.10 Å². The molecule has 6 nitrogen and oxygen atoms in total. The van der Waals surface area contributed by atoms with E-state index in [1.54, 1.807) is 28.8 Å². The summed E-state index contributed by atoms with van der Waals surface area (Å²) in [5.74, 6) is 0.105. The van der Waals surface area contributed by atoms with Gasteiger partial charge in [-0.2, -0.15) is 0 Å². The second-order valence-electron chi connectivity index (χ2n) is 5.23. The van der Waals surface area contributed by atoms with Gasteiger partial charge in [0, 0.05) is 26.1 Å². The summed E-state index contributed by atoms with van der Waals surface area (Å²) in [5, 5.41) is 11.5. The van der Waals surface area contributed by atoms with E-state index in [-0.39, 0.29) is 17.4 Å². The molecule has 0 spiro atoms. The fraction of sp³-hybridized carbons (Fsp3) is 0.429. The third-order valence-electron chi connectivity index (χ3n) is 3.83. The average molecular weight is 289 g/mol. The summed E-state index contributed by atoms with van der Waals surface area (Å²) in [6.45, 7) is 1.15. The molecule has 1 atom stereocenters. The molecular weight excluding hydrogens is 273 g/mol. The molecule has 3 rings (SSSR count). The quantitative estimate of drug-likeness (QED) is 0.837. The van der Waals surface area contributed by atoms with Crippen LogP contribution in [-0.4, -0.2) is 44.1 Å². The molecule has 0 bridgehead atoms. The Labute approximate surface area is 121 Å². The molecule has 1 aromatic carbocycles. The van der Waals surface area contributed by atoms with Gasteiger partial charge in [0.2, 0.25) is 0 Å². The van der Waals surface area contributed by atoms with E-state index in [0.29, 0.717) is 13.1 Å². The van der Waals surface area contributed by atoms with Gasteiger partial charge >= 0.3 is 0 Å². The van der Waals surface area contributed by atoms with Crippen LogP contribution in [-0.2, 0) is 7.05 Å². The lowest BCUT2D eigenvalue weighted by atomic mass is 9.96. The number of piperidine rings is 1. The number of benzene rings is 1. The first-order chi connectivity index (χ1) is 10.2. The fourth-order valence-electron chi connectivity index (χ4n) is 2.76. The van der Waals surface area contributed by atoms with Crippen LogP contribution in [0.5, 0.6) is 0 Å². The van der Waals surface area contributed by atoms with Gasteiger partial charge in [-0.3, -0.25) is 4.79 Å². The summed E-state index contributed by atoms with van der Waals surface area (Å²) >= 11 is 0. The van der Waals surface area contributed by atoms with Crippen LogP contribution in [0.2, 0.25) is 0 Å². The molecule has 1 amide bonds. The monoisotopic (exact) mass is 289 g/mol. The number of amides is 1. The summed E-state index contributed by atoms with van der Waals surface area (Å²) in [5.41, 5.74) is 0.120. The highest BCUT2D eigenvalue weighted by molar-refractivity contribution is 5.94. The predicted molar refractivity (Wildman–Crippen MR) is 73.1 cm³/mol. The van der Waals surface area contributed by atoms with E-state index in [2.05, 4.69) is 15.5 Å². The van der Waals surface area contributed by atoms with Crippen LogP contribution in [0.4, 0.5) is 4.39 Å². The van der Waals surface area contributed by atoms with Crippen LogP contribution in [0, 0.1) is 5.82 Å². The predicted octanol–water partition coefficient (Wildman–Crippen LogP) is 1.37. The zero-order chi connectivity index (χ0) is 14.8. The molecule has 2 heterocycles. The number of likely N-dealkylation sites (tertiary alicyclic amines) is 1. The van der Waals surface area contributed by atoms with Gasteiger partial charge < -0.3 is 4.90 Å². The van der Waals surface area contributed by atoms with Crippen LogP contribution in [0.3, 0.4) is 0 Å². The van der Waals surface area contributed by atoms with Crippen molar-refractivity contribution in [3.05, 3.63) is 41.5 Å². The summed E-state index contributed by atoms with van der Waals surface area (Å²) in [4.78, 5) is 14.1. The molecular formula is C14H16FN5O. The van der Waals surface area contributed by atoms with E-state index in [9.17, 15) is 9.18 Å². The van der Waals surface area contributed by atoms with Crippen LogP contribution < -0.4 is 0 Å². The molecule has 110 valence electrons. The van der Waals surface area contributed by atoms with Crippen molar-refractivity contribution in [2.75, 3.05) is 13.1 Å². The second kappa shape index (κ2) is 5.59. The molecule has 2 aromatic rings. The van der Waals surface area contributed by atoms with Gasteiger partial charge in [0.1, 0.15) is 5.82 Å². The van der Waals surface area contributed by atoms with Crippen molar-refractivity contribution in [3.8, 4) is 0 Å². The maximum Gasteiger partial charge on any atom is 0.256 e. The zero-order valence-electron chi connectivity index (χ0n) is 11.7. The Kier molecular flexibility index (Phi) is 3.64. The highest BCUT2D eigenvalue weighted by Gasteiger charge is 2.29. The normalized spacial score (nSPS) is 18.8. The minimum Gasteiger partial charge on any atom is -0.338 e. The number of hydrogen-bond donors (Lipinski definition) is 0. The fourth-order valence-corrected chi connectivity index (χ4v) is 2.76. The van der Waals surface area contributed by atoms with Crippen molar-refractivity contribution in [1.29, 1.82) is 0 Å². The molecule has 0 saturated carbocycles. The SMILES string of the molecule is Cn1nnnc1C1CCCN(C(=O)c2ccccc2F)C1. The van der Waals surface area contributed by atoms with E-state index >= 15 is 0 Å². The molecule has 1 aliphatic rings. The van der Waals surface area contributed by atoms with E-state index in [0.717, 1.165) is 18.7 Å². The van der Waals surface area contributed by atoms with Crippen molar-refractivity contribution < 1.29 is 9.18 Å². The largest absolute Gasteiger partial charge is 0.338 e. The Morgan fingerprint density at radius 2 is 2.19 bits per heavy atom. The number of carbonyl (C=O) groups excluding carboxylic acids is 1. The Morgan fingerprint density at radius 1 is 1.38 bits per heavy atom. The lowest BCUT2D eigenvalue weighted by Gasteiger charge is -2.32. The Hall–Kier alpha value is -2.31. The van der Waals surface area contributed by atoms with Crippen molar-refractivity contribution >= 4 is 5.91 Å². The summed E-state index contributed by atoms with van der Waals surface area (Å²) < 4.78 is 15.4. The first-order valence-electron chi connectivity index (χ1n) is 6.93. The number of halogens is 1. The van der Waals surface area contributed by atoms with Gasteiger partial charge in [0.15, 0.2) is 5.82 Å². The number of tetrazole rings is 1. The van der Waals surface area contributed by atoms with E-state index in [1.165, 1.54) is 12.1 Å². The molecule has 1 saturated heterocycles. The van der Waals surface area contributed by atoms with E-state index < -0.39 is 5.82 Å². The van der Waals surface area contributed by atoms with Crippen LogP contribution in [0.25, 0.3) is 0 Å². The number of aryl methyl sites for hydroxylation is 1. The number of nitrogens with zero attached hydrogens (tertiary/aromatic N) is 5. The van der Waals surface area contributed by atoms with Crippen molar-refractivity contribution in [2.24, 2.45) is 7.05 Å². The molecule has 7 heteroatoms. The van der Waals surface area contributed by atoms with Gasteiger partial charge in [-0.1, -0.05) is 12.1 Å². The lowest BCUT2D eigenvalue weighted by molar-refractivity contribution is 0.0698. The number of rotatable bonds is 2. The van der Waals surface area contributed by atoms with Gasteiger partial charge in [0.25, 0.3) is 5.91 Å². The smallest absolute Gasteiger partial charge is 0.256 e. The van der Waals surface area contributed by atoms with Crippen LogP contribution in [0.1, 0.15) is 34.9 Å². The van der Waals surface area contributed by atoms with Crippen LogP contribution in [0.15, 0.2) is 24.3 Å². The first-order valence-corrected chi connectivity index (χ1v) is 6.93. The highest BCUT2D eigenvalue weighted by Crippen LogP contribution is 2.26. The Morgan fingerprint density at radius 3 is 2.90 bits per heavy atom. The molecule has 21 heavy (non-hydrogen) atoms. The zero-order valence-corrected chi connectivity index (χ0v) is 11.7.